The average molecular weight is 303 g/mol. The lowest BCUT2D eigenvalue weighted by molar-refractivity contribution is 0.730. The van der Waals surface area contributed by atoms with Crippen LogP contribution in [0.25, 0.3) is 10.9 Å². The summed E-state index contributed by atoms with van der Waals surface area (Å²) in [5.74, 6) is 0.818. The lowest BCUT2D eigenvalue weighted by Gasteiger charge is -2.06. The summed E-state index contributed by atoms with van der Waals surface area (Å²) in [5, 5.41) is 3.93. The summed E-state index contributed by atoms with van der Waals surface area (Å²) in [5.41, 5.74) is 1.97. The minimum absolute atomic E-state index is 0.107. The van der Waals surface area contributed by atoms with Crippen LogP contribution >= 0.6 is 23.1 Å². The average Bonchev–Trinajstić information content (AvgIpc) is 2.79. The molecule has 0 fully saturated rings. The number of aryl methyl sites for hydroxylation is 1. The molecule has 0 radical (unpaired) electrons. The fraction of sp³-hybridized carbons (Fsp3) is 0.214. The van der Waals surface area contributed by atoms with Crippen LogP contribution < -0.4 is 4.87 Å². The van der Waals surface area contributed by atoms with Crippen molar-refractivity contribution in [3.63, 3.8) is 0 Å². The van der Waals surface area contributed by atoms with E-state index in [0.717, 1.165) is 27.4 Å². The minimum atomic E-state index is 0.107. The molecule has 0 aliphatic heterocycles. The zero-order valence-corrected chi connectivity index (χ0v) is 12.6. The minimum Gasteiger partial charge on any atom is -0.303 e. The third-order valence-corrected chi connectivity index (χ3v) is 4.90. The number of rotatable bonds is 4. The molecule has 3 rings (SSSR count). The van der Waals surface area contributed by atoms with Gasteiger partial charge in [-0.05, 0) is 13.0 Å². The third-order valence-electron chi connectivity index (χ3n) is 3.04. The topological polar surface area (TPSA) is 47.8 Å². The zero-order chi connectivity index (χ0) is 13.9. The number of thiazole rings is 1. The molecule has 0 unspecified atom stereocenters. The fourth-order valence-electron chi connectivity index (χ4n) is 2.00. The summed E-state index contributed by atoms with van der Waals surface area (Å²) in [6, 6.07) is 7.97. The maximum Gasteiger partial charge on any atom is 0.307 e. The van der Waals surface area contributed by atoms with Crippen LogP contribution in [0.15, 0.2) is 45.8 Å². The van der Waals surface area contributed by atoms with Crippen LogP contribution in [0, 0.1) is 6.92 Å². The number of hydrogen-bond donors (Lipinski definition) is 0. The Labute approximate surface area is 124 Å². The van der Waals surface area contributed by atoms with Gasteiger partial charge in [0.1, 0.15) is 11.4 Å². The highest BCUT2D eigenvalue weighted by Crippen LogP contribution is 2.24. The number of fused-ring (bicyclic) bond motifs is 1. The van der Waals surface area contributed by atoms with Gasteiger partial charge in [-0.1, -0.05) is 29.5 Å². The summed E-state index contributed by atoms with van der Waals surface area (Å²) in [7, 11) is 0. The van der Waals surface area contributed by atoms with Crippen LogP contribution in [0.3, 0.4) is 0 Å². The smallest absolute Gasteiger partial charge is 0.303 e. The van der Waals surface area contributed by atoms with E-state index in [-0.39, 0.29) is 4.87 Å². The Hall–Kier alpha value is -1.66. The van der Waals surface area contributed by atoms with Gasteiger partial charge in [-0.25, -0.2) is 9.97 Å². The highest BCUT2D eigenvalue weighted by molar-refractivity contribution is 7.99. The molecule has 0 atom stereocenters. The van der Waals surface area contributed by atoms with E-state index in [1.807, 2.05) is 36.6 Å². The van der Waals surface area contributed by atoms with E-state index in [1.165, 1.54) is 11.3 Å². The maximum atomic E-state index is 11.6. The molecule has 0 saturated heterocycles. The third kappa shape index (κ3) is 2.62. The monoisotopic (exact) mass is 303 g/mol. The molecule has 102 valence electrons. The van der Waals surface area contributed by atoms with Crippen LogP contribution in [0.5, 0.6) is 0 Å². The van der Waals surface area contributed by atoms with Gasteiger partial charge in [0.15, 0.2) is 0 Å². The van der Waals surface area contributed by atoms with Gasteiger partial charge in [-0.3, -0.25) is 4.79 Å². The van der Waals surface area contributed by atoms with Crippen molar-refractivity contribution in [3.8, 4) is 0 Å². The standard InChI is InChI=1S/C14H13N3OS2/c1-10-8-20-14(18)17(10)6-7-19-13-11-4-2-3-5-12(11)15-9-16-13/h2-5,8-9H,6-7H2,1H3. The normalized spacial score (nSPS) is 11.1. The van der Waals surface area contributed by atoms with Crippen molar-refractivity contribution >= 4 is 34.0 Å². The molecule has 6 heteroatoms. The Bertz CT molecular complexity index is 789. The lowest BCUT2D eigenvalue weighted by atomic mass is 10.2. The Morgan fingerprint density at radius 2 is 2.15 bits per heavy atom. The van der Waals surface area contributed by atoms with E-state index in [0.29, 0.717) is 6.54 Å². The second-order valence-electron chi connectivity index (χ2n) is 4.34. The van der Waals surface area contributed by atoms with E-state index in [1.54, 1.807) is 22.7 Å². The molecule has 0 aliphatic rings. The Balaban J connectivity index is 1.76. The number of para-hydroxylation sites is 1. The van der Waals surface area contributed by atoms with Crippen molar-refractivity contribution in [2.75, 3.05) is 5.75 Å². The van der Waals surface area contributed by atoms with Crippen molar-refractivity contribution in [1.82, 2.24) is 14.5 Å². The summed E-state index contributed by atoms with van der Waals surface area (Å²) < 4.78 is 1.81. The van der Waals surface area contributed by atoms with Crippen molar-refractivity contribution in [2.24, 2.45) is 0 Å². The molecule has 0 saturated carbocycles. The largest absolute Gasteiger partial charge is 0.307 e. The predicted octanol–water partition coefficient (Wildman–Crippen LogP) is 2.95. The van der Waals surface area contributed by atoms with Crippen LogP contribution in [0.2, 0.25) is 0 Å². The fourth-order valence-corrected chi connectivity index (χ4v) is 3.68. The molecule has 1 aromatic carbocycles. The number of hydrogen-bond acceptors (Lipinski definition) is 5. The molecule has 20 heavy (non-hydrogen) atoms. The molecule has 0 N–H and O–H groups in total. The molecule has 0 aliphatic carbocycles. The van der Waals surface area contributed by atoms with Crippen LogP contribution in [0.4, 0.5) is 0 Å². The molecule has 2 aromatic heterocycles. The summed E-state index contributed by atoms with van der Waals surface area (Å²) >= 11 is 2.91. The first-order valence-corrected chi connectivity index (χ1v) is 8.10. The van der Waals surface area contributed by atoms with Gasteiger partial charge in [0.05, 0.1) is 5.52 Å². The number of benzene rings is 1. The predicted molar refractivity (Wildman–Crippen MR) is 83.6 cm³/mol. The Morgan fingerprint density at radius 1 is 1.30 bits per heavy atom. The van der Waals surface area contributed by atoms with E-state index >= 15 is 0 Å². The van der Waals surface area contributed by atoms with Crippen LogP contribution in [0.1, 0.15) is 5.69 Å². The van der Waals surface area contributed by atoms with Crippen LogP contribution in [-0.2, 0) is 6.54 Å². The van der Waals surface area contributed by atoms with Gasteiger partial charge in [0.2, 0.25) is 0 Å². The van der Waals surface area contributed by atoms with E-state index in [4.69, 9.17) is 0 Å². The van der Waals surface area contributed by atoms with Gasteiger partial charge in [-0.15, -0.1) is 11.8 Å². The molecular weight excluding hydrogens is 290 g/mol. The molecule has 0 spiro atoms. The molecule has 0 bridgehead atoms. The first kappa shape index (κ1) is 13.3. The van der Waals surface area contributed by atoms with Crippen molar-refractivity contribution in [1.29, 1.82) is 0 Å². The second-order valence-corrected chi connectivity index (χ2v) is 6.24. The summed E-state index contributed by atoms with van der Waals surface area (Å²) in [6.45, 7) is 2.67. The quantitative estimate of drug-likeness (QED) is 0.549. The van der Waals surface area contributed by atoms with E-state index in [2.05, 4.69) is 9.97 Å². The highest BCUT2D eigenvalue weighted by atomic mass is 32.2. The van der Waals surface area contributed by atoms with Crippen molar-refractivity contribution < 1.29 is 0 Å². The highest BCUT2D eigenvalue weighted by Gasteiger charge is 2.06. The van der Waals surface area contributed by atoms with E-state index < -0.39 is 0 Å². The van der Waals surface area contributed by atoms with Crippen molar-refractivity contribution in [2.45, 2.75) is 18.5 Å². The number of thioether (sulfide) groups is 1. The molecule has 3 aromatic rings. The molecule has 4 nitrogen and oxygen atoms in total. The molecule has 0 amide bonds. The van der Waals surface area contributed by atoms with Crippen molar-refractivity contribution in [3.05, 3.63) is 51.3 Å². The number of nitrogens with zero attached hydrogens (tertiary/aromatic N) is 3. The number of aromatic nitrogens is 3. The van der Waals surface area contributed by atoms with Gasteiger partial charge in [0, 0.05) is 28.8 Å². The van der Waals surface area contributed by atoms with E-state index in [9.17, 15) is 4.79 Å². The summed E-state index contributed by atoms with van der Waals surface area (Å²) in [6.07, 6.45) is 1.59. The van der Waals surface area contributed by atoms with Gasteiger partial charge in [-0.2, -0.15) is 0 Å². The maximum absolute atomic E-state index is 11.6. The first-order chi connectivity index (χ1) is 9.75. The van der Waals surface area contributed by atoms with Gasteiger partial charge >= 0.3 is 4.87 Å². The Morgan fingerprint density at radius 3 is 2.95 bits per heavy atom. The second kappa shape index (κ2) is 5.76. The lowest BCUT2D eigenvalue weighted by Crippen LogP contribution is -2.15. The molecule has 2 heterocycles. The van der Waals surface area contributed by atoms with Crippen LogP contribution in [-0.4, -0.2) is 20.3 Å². The first-order valence-electron chi connectivity index (χ1n) is 6.23. The Kier molecular flexibility index (Phi) is 3.84. The zero-order valence-electron chi connectivity index (χ0n) is 10.9. The van der Waals surface area contributed by atoms with Gasteiger partial charge in [0.25, 0.3) is 0 Å². The van der Waals surface area contributed by atoms with Gasteiger partial charge < -0.3 is 4.57 Å². The molecular formula is C14H13N3OS2. The SMILES string of the molecule is Cc1csc(=O)n1CCSc1ncnc2ccccc12. The summed E-state index contributed by atoms with van der Waals surface area (Å²) in [4.78, 5) is 20.3.